The first-order valence-corrected chi connectivity index (χ1v) is 10.3. The molecule has 0 unspecified atom stereocenters. The van der Waals surface area contributed by atoms with E-state index in [0.29, 0.717) is 24.1 Å². The van der Waals surface area contributed by atoms with Crippen molar-refractivity contribution < 1.29 is 13.6 Å². The van der Waals surface area contributed by atoms with E-state index in [0.717, 1.165) is 22.9 Å². The van der Waals surface area contributed by atoms with Crippen LogP contribution in [0.15, 0.2) is 41.3 Å². The number of anilines is 2. The second-order valence-corrected chi connectivity index (χ2v) is 7.86. The third-order valence-corrected chi connectivity index (χ3v) is 5.88. The van der Waals surface area contributed by atoms with Gasteiger partial charge in [-0.15, -0.1) is 11.3 Å². The summed E-state index contributed by atoms with van der Waals surface area (Å²) >= 11 is 1.51. The van der Waals surface area contributed by atoms with E-state index in [1.165, 1.54) is 11.3 Å². The van der Waals surface area contributed by atoms with Gasteiger partial charge in [-0.1, -0.05) is 23.8 Å². The molecule has 0 spiro atoms. The lowest BCUT2D eigenvalue weighted by molar-refractivity contribution is 0.102. The summed E-state index contributed by atoms with van der Waals surface area (Å²) in [5.74, 6) is -3.08. The number of carbonyl (C=O) groups is 1. The van der Waals surface area contributed by atoms with E-state index in [2.05, 4.69) is 20.3 Å². The minimum atomic E-state index is -1.03. The summed E-state index contributed by atoms with van der Waals surface area (Å²) in [6.45, 7) is 4.89. The van der Waals surface area contributed by atoms with Crippen molar-refractivity contribution in [1.82, 2.24) is 15.0 Å². The molecule has 1 aliphatic rings. The Morgan fingerprint density at radius 3 is 2.57 bits per heavy atom. The summed E-state index contributed by atoms with van der Waals surface area (Å²) in [4.78, 5) is 26.2. The number of benzene rings is 1. The second kappa shape index (κ2) is 8.27. The van der Waals surface area contributed by atoms with Crippen LogP contribution in [0.25, 0.3) is 5.57 Å². The Labute approximate surface area is 176 Å². The molecule has 1 aromatic carbocycles. The highest BCUT2D eigenvalue weighted by Crippen LogP contribution is 2.31. The molecule has 1 N–H and O–H groups in total. The lowest BCUT2D eigenvalue weighted by atomic mass is 9.99. The predicted octanol–water partition coefficient (Wildman–Crippen LogP) is 4.46. The minimum absolute atomic E-state index is 0.138. The molecule has 3 aromatic rings. The van der Waals surface area contributed by atoms with Crippen LogP contribution in [-0.4, -0.2) is 33.9 Å². The Morgan fingerprint density at radius 1 is 1.10 bits per heavy atom. The van der Waals surface area contributed by atoms with Crippen LogP contribution < -0.4 is 10.2 Å². The highest BCUT2D eigenvalue weighted by molar-refractivity contribution is 7.13. The van der Waals surface area contributed by atoms with Gasteiger partial charge in [0.25, 0.3) is 11.9 Å². The molecule has 2 aromatic heterocycles. The smallest absolute Gasteiger partial charge is 0.256 e. The van der Waals surface area contributed by atoms with Crippen molar-refractivity contribution in [2.75, 3.05) is 23.3 Å². The third-order valence-electron chi connectivity index (χ3n) is 4.86. The molecule has 3 heterocycles. The minimum Gasteiger partial charge on any atom is -0.343 e. The topological polar surface area (TPSA) is 71.0 Å². The van der Waals surface area contributed by atoms with Crippen molar-refractivity contribution in [3.05, 3.63) is 70.1 Å². The molecular weight excluding hydrogens is 408 g/mol. The van der Waals surface area contributed by atoms with Crippen LogP contribution in [0, 0.1) is 18.8 Å². The molecular formula is C21H19F2N5OS. The Bertz CT molecular complexity index is 1130. The maximum atomic E-state index is 14.8. The van der Waals surface area contributed by atoms with Crippen LogP contribution in [0.2, 0.25) is 0 Å². The van der Waals surface area contributed by atoms with Crippen molar-refractivity contribution >= 4 is 33.8 Å². The molecule has 1 amide bonds. The molecule has 0 saturated carbocycles. The molecule has 154 valence electrons. The van der Waals surface area contributed by atoms with E-state index in [4.69, 9.17) is 0 Å². The molecule has 0 atom stereocenters. The average Bonchev–Trinajstić information content (AvgIpc) is 3.18. The fourth-order valence-corrected chi connectivity index (χ4v) is 4.05. The fraction of sp³-hybridized carbons (Fsp3) is 0.238. The quantitative estimate of drug-likeness (QED) is 0.666. The molecule has 0 bridgehead atoms. The SMILES string of the molecule is CC1=C(c2nc(F)c(NC(=O)c3ccccc3)nc2F)CN(c2nc(C)cs2)CC1. The third kappa shape index (κ3) is 4.06. The van der Waals surface area contributed by atoms with Gasteiger partial charge in [-0.05, 0) is 32.4 Å². The molecule has 9 heteroatoms. The molecule has 30 heavy (non-hydrogen) atoms. The zero-order chi connectivity index (χ0) is 21.3. The van der Waals surface area contributed by atoms with Crippen LogP contribution in [0.4, 0.5) is 19.7 Å². The first kappa shape index (κ1) is 20.1. The average molecular weight is 427 g/mol. The van der Waals surface area contributed by atoms with E-state index in [-0.39, 0.29) is 5.69 Å². The Balaban J connectivity index is 1.60. The number of nitrogens with zero attached hydrogens (tertiary/aromatic N) is 4. The van der Waals surface area contributed by atoms with Crippen LogP contribution in [0.3, 0.4) is 0 Å². The number of rotatable bonds is 4. The van der Waals surface area contributed by atoms with Crippen LogP contribution in [0.1, 0.15) is 35.1 Å². The molecule has 6 nitrogen and oxygen atoms in total. The predicted molar refractivity (Wildman–Crippen MR) is 113 cm³/mol. The Hall–Kier alpha value is -3.20. The van der Waals surface area contributed by atoms with E-state index in [1.807, 2.05) is 24.1 Å². The van der Waals surface area contributed by atoms with Gasteiger partial charge in [-0.25, -0.2) is 9.97 Å². The van der Waals surface area contributed by atoms with Gasteiger partial charge in [0.15, 0.2) is 10.9 Å². The lowest BCUT2D eigenvalue weighted by Gasteiger charge is -2.29. The van der Waals surface area contributed by atoms with Gasteiger partial charge in [-0.2, -0.15) is 13.8 Å². The van der Waals surface area contributed by atoms with Crippen molar-refractivity contribution in [3.63, 3.8) is 0 Å². The summed E-state index contributed by atoms with van der Waals surface area (Å²) < 4.78 is 29.4. The van der Waals surface area contributed by atoms with Crippen LogP contribution >= 0.6 is 11.3 Å². The summed E-state index contributed by atoms with van der Waals surface area (Å²) in [6, 6.07) is 8.23. The Morgan fingerprint density at radius 2 is 1.87 bits per heavy atom. The number of hydrogen-bond acceptors (Lipinski definition) is 6. The standard InChI is InChI=1S/C21H19F2N5OS/c1-12-8-9-28(21-24-13(2)11-30-21)10-15(12)16-17(22)26-19(18(23)25-16)27-20(29)14-6-4-3-5-7-14/h3-7,11H,8-10H2,1-2H3,(H,26,27,29). The summed E-state index contributed by atoms with van der Waals surface area (Å²) in [6.07, 6.45) is 0.684. The highest BCUT2D eigenvalue weighted by atomic mass is 32.1. The van der Waals surface area contributed by atoms with Crippen molar-refractivity contribution in [3.8, 4) is 0 Å². The van der Waals surface area contributed by atoms with E-state index in [1.54, 1.807) is 30.3 Å². The van der Waals surface area contributed by atoms with Crippen LogP contribution in [0.5, 0.6) is 0 Å². The number of carbonyl (C=O) groups excluding carboxylic acids is 1. The normalized spacial score (nSPS) is 14.2. The Kier molecular flexibility index (Phi) is 5.54. The maximum Gasteiger partial charge on any atom is 0.256 e. The summed E-state index contributed by atoms with van der Waals surface area (Å²) in [7, 11) is 0. The second-order valence-electron chi connectivity index (χ2n) is 7.02. The van der Waals surface area contributed by atoms with Crippen LogP contribution in [-0.2, 0) is 0 Å². The first-order valence-electron chi connectivity index (χ1n) is 9.38. The monoisotopic (exact) mass is 427 g/mol. The number of halogens is 2. The number of aromatic nitrogens is 3. The maximum absolute atomic E-state index is 14.8. The van der Waals surface area contributed by atoms with Gasteiger partial charge in [0.1, 0.15) is 5.69 Å². The molecule has 0 aliphatic carbocycles. The molecule has 0 saturated heterocycles. The fourth-order valence-electron chi connectivity index (χ4n) is 3.22. The number of nitrogens with one attached hydrogen (secondary N) is 1. The summed E-state index contributed by atoms with van der Waals surface area (Å²) in [5, 5.41) is 5.06. The van der Waals surface area contributed by atoms with Gasteiger partial charge in [0.05, 0.1) is 5.69 Å². The highest BCUT2D eigenvalue weighted by Gasteiger charge is 2.25. The van der Waals surface area contributed by atoms with Crippen molar-refractivity contribution in [1.29, 1.82) is 0 Å². The van der Waals surface area contributed by atoms with Gasteiger partial charge in [0, 0.05) is 29.6 Å². The first-order chi connectivity index (χ1) is 14.4. The summed E-state index contributed by atoms with van der Waals surface area (Å²) in [5.41, 5.74) is 2.59. The van der Waals surface area contributed by atoms with E-state index < -0.39 is 23.6 Å². The van der Waals surface area contributed by atoms with Gasteiger partial charge in [0.2, 0.25) is 5.95 Å². The lowest BCUT2D eigenvalue weighted by Crippen LogP contribution is -2.31. The zero-order valence-electron chi connectivity index (χ0n) is 16.4. The van der Waals surface area contributed by atoms with Gasteiger partial charge >= 0.3 is 0 Å². The molecule has 1 aliphatic heterocycles. The van der Waals surface area contributed by atoms with E-state index in [9.17, 15) is 13.6 Å². The van der Waals surface area contributed by atoms with Gasteiger partial charge in [-0.3, -0.25) is 4.79 Å². The molecule has 4 rings (SSSR count). The van der Waals surface area contributed by atoms with Crippen molar-refractivity contribution in [2.45, 2.75) is 20.3 Å². The molecule has 0 radical (unpaired) electrons. The van der Waals surface area contributed by atoms with Gasteiger partial charge < -0.3 is 10.2 Å². The number of thiazole rings is 1. The van der Waals surface area contributed by atoms with E-state index >= 15 is 0 Å². The number of hydrogen-bond donors (Lipinski definition) is 1. The largest absolute Gasteiger partial charge is 0.343 e. The number of aryl methyl sites for hydroxylation is 1. The number of amides is 1. The molecule has 0 fully saturated rings. The van der Waals surface area contributed by atoms with Crippen molar-refractivity contribution in [2.24, 2.45) is 0 Å². The zero-order valence-corrected chi connectivity index (χ0v) is 17.3.